The molecule has 10 nitrogen and oxygen atoms in total. The Morgan fingerprint density at radius 2 is 1.18 bits per heavy atom. The van der Waals surface area contributed by atoms with Gasteiger partial charge < -0.3 is 40.2 Å². The van der Waals surface area contributed by atoms with Gasteiger partial charge in [-0.1, -0.05) is 59.6 Å². The summed E-state index contributed by atoms with van der Waals surface area (Å²) in [4.78, 5) is 4.11. The van der Waals surface area contributed by atoms with E-state index >= 15 is 0 Å². The molecule has 0 aliphatic heterocycles. The number of phenolic OH excluding ortho intramolecular Hbond substituents is 1. The summed E-state index contributed by atoms with van der Waals surface area (Å²) in [5, 5.41) is 46.4. The number of hydrogen-bond acceptors (Lipinski definition) is 10. The molecule has 61 heavy (non-hydrogen) atoms. The lowest BCUT2D eigenvalue weighted by molar-refractivity contribution is -0.00260. The number of rotatable bonds is 20. The maximum absolute atomic E-state index is 14.5. The van der Waals surface area contributed by atoms with Crippen molar-refractivity contribution in [1.82, 2.24) is 15.6 Å². The number of hydrogen-bond donors (Lipinski definition) is 5. The van der Waals surface area contributed by atoms with Crippen LogP contribution in [-0.2, 0) is 32.9 Å². The molecule has 5 rings (SSSR count). The largest absolute Gasteiger partial charge is 0.507 e. The zero-order valence-electron chi connectivity index (χ0n) is 35.1. The lowest BCUT2D eigenvalue weighted by Crippen LogP contribution is -2.40. The van der Waals surface area contributed by atoms with Crippen molar-refractivity contribution in [3.63, 3.8) is 0 Å². The summed E-state index contributed by atoms with van der Waals surface area (Å²) < 4.78 is 47.3. The van der Waals surface area contributed by atoms with E-state index in [0.717, 1.165) is 33.4 Å². The van der Waals surface area contributed by atoms with Crippen molar-refractivity contribution in [2.24, 2.45) is 0 Å². The lowest BCUT2D eigenvalue weighted by Gasteiger charge is -2.23. The number of aromatic nitrogens is 1. The van der Waals surface area contributed by atoms with Gasteiger partial charge in [0.2, 0.25) is 0 Å². The van der Waals surface area contributed by atoms with Crippen LogP contribution in [0.1, 0.15) is 72.2 Å². The van der Waals surface area contributed by atoms with E-state index in [0.29, 0.717) is 44.5 Å². The van der Waals surface area contributed by atoms with Gasteiger partial charge in [0.25, 0.3) is 0 Å². The first-order valence-electron chi connectivity index (χ1n) is 19.7. The number of ether oxygens (including phenoxy) is 3. The van der Waals surface area contributed by atoms with E-state index < -0.39 is 23.5 Å². The van der Waals surface area contributed by atoms with Gasteiger partial charge in [-0.05, 0) is 93.1 Å². The third-order valence-electron chi connectivity index (χ3n) is 10.3. The Kier molecular flexibility index (Phi) is 16.0. The smallest absolute Gasteiger partial charge is 0.142 e. The normalized spacial score (nSPS) is 12.8. The quantitative estimate of drug-likeness (QED) is 0.0512. The second-order valence-corrected chi connectivity index (χ2v) is 16.9. The van der Waals surface area contributed by atoms with Crippen molar-refractivity contribution in [3.8, 4) is 40.2 Å². The first-order valence-corrected chi connectivity index (χ1v) is 20.5. The number of benzene rings is 4. The average molecular weight is 878 g/mol. The van der Waals surface area contributed by atoms with Crippen LogP contribution < -0.4 is 24.8 Å². The highest BCUT2D eigenvalue weighted by molar-refractivity contribution is 6.32. The molecule has 0 saturated carbocycles. The molecule has 0 fully saturated rings. The van der Waals surface area contributed by atoms with Crippen LogP contribution in [0.25, 0.3) is 11.1 Å². The highest BCUT2D eigenvalue weighted by Crippen LogP contribution is 2.37. The van der Waals surface area contributed by atoms with E-state index in [1.165, 1.54) is 40.0 Å². The van der Waals surface area contributed by atoms with E-state index in [-0.39, 0.29) is 56.8 Å². The van der Waals surface area contributed by atoms with Crippen molar-refractivity contribution in [3.05, 3.63) is 134 Å². The number of pyridine rings is 1. The summed E-state index contributed by atoms with van der Waals surface area (Å²) in [5.41, 5.74) is 4.99. The Balaban J connectivity index is 1.30. The maximum Gasteiger partial charge on any atom is 0.142 e. The molecule has 0 unspecified atom stereocenters. The Morgan fingerprint density at radius 3 is 1.70 bits per heavy atom. The SMILES string of the molecule is Cc1c(COc2cc(O)c(CNC[C@@H](F)C(C)(C)O)cc2Cl)cccc1-c1cccc(COc2cc(OCc3cncc(C#N)c3)c(CNC[C@@H](F)C(C)(C)O)cc2Cl)c1C. The molecule has 324 valence electrons. The molecule has 5 aromatic rings. The summed E-state index contributed by atoms with van der Waals surface area (Å²) in [7, 11) is 0. The van der Waals surface area contributed by atoms with Crippen molar-refractivity contribution in [2.45, 2.75) is 98.0 Å². The molecule has 1 heterocycles. The van der Waals surface area contributed by atoms with Crippen LogP contribution in [-0.4, -0.2) is 56.9 Å². The molecule has 0 bridgehead atoms. The zero-order chi connectivity index (χ0) is 44.5. The fourth-order valence-electron chi connectivity index (χ4n) is 6.32. The fraction of sp³-hybridized carbons (Fsp3) is 0.362. The van der Waals surface area contributed by atoms with E-state index in [2.05, 4.69) is 21.7 Å². The fourth-order valence-corrected chi connectivity index (χ4v) is 6.81. The molecule has 5 N–H and O–H groups in total. The van der Waals surface area contributed by atoms with Gasteiger partial charge in [-0.25, -0.2) is 8.78 Å². The van der Waals surface area contributed by atoms with Gasteiger partial charge in [-0.3, -0.25) is 4.98 Å². The molecule has 4 aromatic carbocycles. The van der Waals surface area contributed by atoms with Gasteiger partial charge >= 0.3 is 0 Å². The minimum absolute atomic E-state index is 0.0572. The van der Waals surface area contributed by atoms with E-state index in [9.17, 15) is 29.4 Å². The van der Waals surface area contributed by atoms with Gasteiger partial charge in [0.05, 0.1) is 26.8 Å². The van der Waals surface area contributed by atoms with Crippen LogP contribution in [0.15, 0.2) is 79.1 Å². The maximum atomic E-state index is 14.5. The highest BCUT2D eigenvalue weighted by Gasteiger charge is 2.27. The summed E-state index contributed by atoms with van der Waals surface area (Å²) >= 11 is 13.3. The third-order valence-corrected chi connectivity index (χ3v) is 10.9. The molecule has 0 radical (unpaired) electrons. The van der Waals surface area contributed by atoms with Gasteiger partial charge in [-0.2, -0.15) is 5.26 Å². The van der Waals surface area contributed by atoms with Crippen LogP contribution in [0.4, 0.5) is 8.78 Å². The van der Waals surface area contributed by atoms with Crippen LogP contribution >= 0.6 is 23.2 Å². The summed E-state index contributed by atoms with van der Waals surface area (Å²) in [6.07, 6.45) is 0.0755. The number of halogens is 4. The predicted octanol–water partition coefficient (Wildman–Crippen LogP) is 9.38. The van der Waals surface area contributed by atoms with Crippen molar-refractivity contribution < 1.29 is 38.3 Å². The van der Waals surface area contributed by atoms with Crippen molar-refractivity contribution in [2.75, 3.05) is 13.1 Å². The van der Waals surface area contributed by atoms with Crippen molar-refractivity contribution in [1.29, 1.82) is 5.26 Å². The minimum Gasteiger partial charge on any atom is -0.507 e. The number of phenols is 1. The molecule has 14 heteroatoms. The van der Waals surface area contributed by atoms with Gasteiger partial charge in [0.1, 0.15) is 61.2 Å². The minimum atomic E-state index is -1.51. The molecule has 2 atom stereocenters. The molecule has 0 aliphatic rings. The van der Waals surface area contributed by atoms with Gasteiger partial charge in [-0.15, -0.1) is 0 Å². The Labute approximate surface area is 366 Å². The standard InChI is InChI=1S/C47H52Cl2F2N4O6/c1-28-32(26-60-42-16-40(56)34(14-38(42)48)21-54-23-44(50)46(3,4)57)9-7-11-36(28)37-12-8-10-33(29(37)2)27-61-43-17-41(59-25-31-13-30(18-52)19-53-20-31)35(15-39(43)49)22-55-24-45(51)47(5,6)58/h7-17,19-20,44-45,54-58H,21-27H2,1-6H3/t44-,45-/m1/s1. The first kappa shape index (κ1) is 47.1. The van der Waals surface area contributed by atoms with E-state index in [1.807, 2.05) is 50.2 Å². The van der Waals surface area contributed by atoms with Gasteiger partial charge in [0.15, 0.2) is 0 Å². The Bertz CT molecular complexity index is 2340. The topological polar surface area (TPSA) is 149 Å². The lowest BCUT2D eigenvalue weighted by atomic mass is 9.92. The van der Waals surface area contributed by atoms with Crippen LogP contribution in [0.5, 0.6) is 23.0 Å². The summed E-state index contributed by atoms with van der Waals surface area (Å²) in [6, 6.07) is 22.1. The van der Waals surface area contributed by atoms with E-state index in [1.54, 1.807) is 30.5 Å². The number of nitrogens with zero attached hydrogens (tertiary/aromatic N) is 2. The highest BCUT2D eigenvalue weighted by atomic mass is 35.5. The number of nitriles is 1. The number of aromatic hydroxyl groups is 1. The second kappa shape index (κ2) is 20.7. The molecule has 1 aromatic heterocycles. The summed E-state index contributed by atoms with van der Waals surface area (Å²) in [5.74, 6) is 1.05. The molecular weight excluding hydrogens is 825 g/mol. The number of nitrogens with one attached hydrogen (secondary N) is 2. The molecule has 0 saturated heterocycles. The van der Waals surface area contributed by atoms with Crippen molar-refractivity contribution >= 4 is 23.2 Å². The zero-order valence-corrected chi connectivity index (χ0v) is 36.6. The van der Waals surface area contributed by atoms with Crippen LogP contribution in [0, 0.1) is 25.2 Å². The monoisotopic (exact) mass is 876 g/mol. The molecule has 0 amide bonds. The molecule has 0 aliphatic carbocycles. The van der Waals surface area contributed by atoms with Crippen LogP contribution in [0.3, 0.4) is 0 Å². The Morgan fingerprint density at radius 1 is 0.689 bits per heavy atom. The van der Waals surface area contributed by atoms with Gasteiger partial charge in [0, 0.05) is 67.4 Å². The number of aliphatic hydroxyl groups is 2. The predicted molar refractivity (Wildman–Crippen MR) is 234 cm³/mol. The average Bonchev–Trinajstić information content (AvgIpc) is 3.21. The second-order valence-electron chi connectivity index (χ2n) is 16.0. The molecule has 0 spiro atoms. The number of alkyl halides is 2. The third kappa shape index (κ3) is 12.8. The molecular formula is C47H52Cl2F2N4O6. The van der Waals surface area contributed by atoms with Crippen LogP contribution in [0.2, 0.25) is 10.0 Å². The van der Waals surface area contributed by atoms with E-state index in [4.69, 9.17) is 37.4 Å². The Hall–Kier alpha value is -5.00. The summed E-state index contributed by atoms with van der Waals surface area (Å²) in [6.45, 7) is 10.3. The first-order chi connectivity index (χ1) is 28.8.